The minimum atomic E-state index is -0.350. The second-order valence-electron chi connectivity index (χ2n) is 7.57. The van der Waals surface area contributed by atoms with Crippen LogP contribution in [0.25, 0.3) is 0 Å². The van der Waals surface area contributed by atoms with Gasteiger partial charge in [0.25, 0.3) is 0 Å². The zero-order valence-corrected chi connectivity index (χ0v) is 16.9. The van der Waals surface area contributed by atoms with Crippen LogP contribution in [0.3, 0.4) is 0 Å². The molecule has 1 aliphatic heterocycles. The highest BCUT2D eigenvalue weighted by Gasteiger charge is 2.35. The summed E-state index contributed by atoms with van der Waals surface area (Å²) >= 11 is 0. The van der Waals surface area contributed by atoms with Crippen LogP contribution in [-0.4, -0.2) is 30.3 Å². The van der Waals surface area contributed by atoms with Crippen LogP contribution in [0, 0.1) is 5.92 Å². The lowest BCUT2D eigenvalue weighted by Gasteiger charge is -2.19. The Kier molecular flexibility index (Phi) is 6.65. The van der Waals surface area contributed by atoms with Gasteiger partial charge in [-0.15, -0.1) is 0 Å². The van der Waals surface area contributed by atoms with E-state index in [0.717, 1.165) is 18.5 Å². The molecule has 0 bridgehead atoms. The molecule has 1 heterocycles. The minimum Gasteiger partial charge on any atom is -0.353 e. The Balaban J connectivity index is 1.52. The summed E-state index contributed by atoms with van der Waals surface area (Å²) in [5, 5.41) is 5.75. The van der Waals surface area contributed by atoms with Gasteiger partial charge < -0.3 is 15.5 Å². The highest BCUT2D eigenvalue weighted by Crippen LogP contribution is 2.26. The summed E-state index contributed by atoms with van der Waals surface area (Å²) in [6, 6.07) is 17.3. The number of aryl methyl sites for hydroxylation is 1. The van der Waals surface area contributed by atoms with Gasteiger partial charge in [0.05, 0.1) is 5.92 Å². The van der Waals surface area contributed by atoms with Crippen LogP contribution < -0.4 is 15.5 Å². The molecule has 2 unspecified atom stereocenters. The molecular weight excluding hydrogens is 366 g/mol. The van der Waals surface area contributed by atoms with Crippen LogP contribution in [-0.2, 0) is 20.8 Å². The molecule has 0 spiro atoms. The van der Waals surface area contributed by atoms with Crippen molar-refractivity contribution in [2.75, 3.05) is 16.8 Å². The maximum absolute atomic E-state index is 12.6. The lowest BCUT2D eigenvalue weighted by Crippen LogP contribution is -2.38. The third kappa shape index (κ3) is 5.67. The molecule has 29 heavy (non-hydrogen) atoms. The van der Waals surface area contributed by atoms with E-state index < -0.39 is 0 Å². The van der Waals surface area contributed by atoms with Crippen LogP contribution in [0.2, 0.25) is 0 Å². The van der Waals surface area contributed by atoms with Crippen molar-refractivity contribution >= 4 is 29.1 Å². The molecule has 6 nitrogen and oxygen atoms in total. The standard InChI is InChI=1S/C23H27N3O3/c1-16(8-9-18-6-4-3-5-7-18)24-23(29)19-14-22(28)26(15-19)21-12-10-20(11-13-21)25-17(2)27/h3-7,10-13,16,19H,8-9,14-15H2,1-2H3,(H,24,29)(H,25,27). The van der Waals surface area contributed by atoms with E-state index in [2.05, 4.69) is 22.8 Å². The third-order valence-corrected chi connectivity index (χ3v) is 5.09. The quantitative estimate of drug-likeness (QED) is 0.759. The number of anilines is 2. The van der Waals surface area contributed by atoms with E-state index in [9.17, 15) is 14.4 Å². The maximum Gasteiger partial charge on any atom is 0.227 e. The fourth-order valence-corrected chi connectivity index (χ4v) is 3.52. The van der Waals surface area contributed by atoms with Gasteiger partial charge in [0.15, 0.2) is 0 Å². The van der Waals surface area contributed by atoms with Crippen LogP contribution in [0.5, 0.6) is 0 Å². The Bertz CT molecular complexity index is 865. The van der Waals surface area contributed by atoms with Gasteiger partial charge in [-0.25, -0.2) is 0 Å². The van der Waals surface area contributed by atoms with Gasteiger partial charge >= 0.3 is 0 Å². The number of hydrogen-bond acceptors (Lipinski definition) is 3. The predicted octanol–water partition coefficient (Wildman–Crippen LogP) is 3.14. The number of carbonyl (C=O) groups excluding carboxylic acids is 3. The molecule has 2 aromatic rings. The van der Waals surface area contributed by atoms with Crippen molar-refractivity contribution in [3.63, 3.8) is 0 Å². The summed E-state index contributed by atoms with van der Waals surface area (Å²) in [5.41, 5.74) is 2.66. The van der Waals surface area contributed by atoms with E-state index in [4.69, 9.17) is 0 Å². The van der Waals surface area contributed by atoms with E-state index in [0.29, 0.717) is 12.2 Å². The number of amides is 3. The fourth-order valence-electron chi connectivity index (χ4n) is 3.52. The Morgan fingerprint density at radius 1 is 1.10 bits per heavy atom. The Morgan fingerprint density at radius 2 is 1.79 bits per heavy atom. The second-order valence-corrected chi connectivity index (χ2v) is 7.57. The lowest BCUT2D eigenvalue weighted by atomic mass is 10.0. The topological polar surface area (TPSA) is 78.5 Å². The smallest absolute Gasteiger partial charge is 0.227 e. The van der Waals surface area contributed by atoms with E-state index in [1.807, 2.05) is 25.1 Å². The average molecular weight is 393 g/mol. The summed E-state index contributed by atoms with van der Waals surface area (Å²) in [4.78, 5) is 37.8. The Hall–Kier alpha value is -3.15. The molecule has 0 aliphatic carbocycles. The summed E-state index contributed by atoms with van der Waals surface area (Å²) in [6.45, 7) is 3.81. The number of nitrogens with zero attached hydrogens (tertiary/aromatic N) is 1. The van der Waals surface area contributed by atoms with E-state index >= 15 is 0 Å². The molecule has 2 aromatic carbocycles. The third-order valence-electron chi connectivity index (χ3n) is 5.09. The predicted molar refractivity (Wildman–Crippen MR) is 114 cm³/mol. The van der Waals surface area contributed by atoms with Crippen molar-refractivity contribution in [2.45, 2.75) is 39.2 Å². The van der Waals surface area contributed by atoms with Gasteiger partial charge in [0, 0.05) is 37.3 Å². The summed E-state index contributed by atoms with van der Waals surface area (Å²) in [6.07, 6.45) is 1.97. The molecule has 0 radical (unpaired) electrons. The molecule has 6 heteroatoms. The monoisotopic (exact) mass is 393 g/mol. The minimum absolute atomic E-state index is 0.0452. The molecule has 3 rings (SSSR count). The molecule has 3 amide bonds. The first-order chi connectivity index (χ1) is 13.9. The summed E-state index contributed by atoms with van der Waals surface area (Å²) in [5.74, 6) is -0.629. The van der Waals surface area contributed by atoms with Crippen LogP contribution in [0.1, 0.15) is 32.3 Å². The molecule has 1 saturated heterocycles. The number of benzene rings is 2. The normalized spacial score (nSPS) is 17.1. The van der Waals surface area contributed by atoms with Gasteiger partial charge in [-0.3, -0.25) is 14.4 Å². The number of rotatable bonds is 7. The van der Waals surface area contributed by atoms with Crippen molar-refractivity contribution in [2.24, 2.45) is 5.92 Å². The van der Waals surface area contributed by atoms with Crippen LogP contribution in [0.4, 0.5) is 11.4 Å². The van der Waals surface area contributed by atoms with Crippen LogP contribution >= 0.6 is 0 Å². The van der Waals surface area contributed by atoms with Crippen molar-refractivity contribution in [3.8, 4) is 0 Å². The van der Waals surface area contributed by atoms with E-state index in [1.54, 1.807) is 29.2 Å². The van der Waals surface area contributed by atoms with Gasteiger partial charge in [-0.2, -0.15) is 0 Å². The lowest BCUT2D eigenvalue weighted by molar-refractivity contribution is -0.126. The zero-order chi connectivity index (χ0) is 20.8. The molecule has 2 atom stereocenters. The average Bonchev–Trinajstić information content (AvgIpc) is 3.09. The first kappa shape index (κ1) is 20.6. The number of nitrogens with one attached hydrogen (secondary N) is 2. The first-order valence-corrected chi connectivity index (χ1v) is 9.94. The molecule has 0 saturated carbocycles. The van der Waals surface area contributed by atoms with Crippen molar-refractivity contribution in [3.05, 3.63) is 60.2 Å². The van der Waals surface area contributed by atoms with Crippen molar-refractivity contribution in [1.29, 1.82) is 0 Å². The summed E-state index contributed by atoms with van der Waals surface area (Å²) in [7, 11) is 0. The molecule has 0 aromatic heterocycles. The van der Waals surface area contributed by atoms with Gasteiger partial charge in [-0.1, -0.05) is 30.3 Å². The zero-order valence-electron chi connectivity index (χ0n) is 16.9. The Labute approximate surface area is 171 Å². The highest BCUT2D eigenvalue weighted by atomic mass is 16.2. The first-order valence-electron chi connectivity index (χ1n) is 9.94. The van der Waals surface area contributed by atoms with Crippen molar-refractivity contribution in [1.82, 2.24) is 5.32 Å². The fraction of sp³-hybridized carbons (Fsp3) is 0.348. The van der Waals surface area contributed by atoms with Crippen LogP contribution in [0.15, 0.2) is 54.6 Å². The molecule has 1 aliphatic rings. The number of hydrogen-bond donors (Lipinski definition) is 2. The SMILES string of the molecule is CC(=O)Nc1ccc(N2CC(C(=O)NC(C)CCc3ccccc3)CC2=O)cc1. The molecular formula is C23H27N3O3. The van der Waals surface area contributed by atoms with E-state index in [-0.39, 0.29) is 36.1 Å². The number of carbonyl (C=O) groups is 3. The highest BCUT2D eigenvalue weighted by molar-refractivity contribution is 6.00. The molecule has 1 fully saturated rings. The van der Waals surface area contributed by atoms with Gasteiger partial charge in [0.2, 0.25) is 17.7 Å². The molecule has 2 N–H and O–H groups in total. The Morgan fingerprint density at radius 3 is 2.45 bits per heavy atom. The molecule has 152 valence electrons. The van der Waals surface area contributed by atoms with Gasteiger partial charge in [-0.05, 0) is 49.6 Å². The van der Waals surface area contributed by atoms with Crippen molar-refractivity contribution < 1.29 is 14.4 Å². The largest absolute Gasteiger partial charge is 0.353 e. The van der Waals surface area contributed by atoms with E-state index in [1.165, 1.54) is 12.5 Å². The summed E-state index contributed by atoms with van der Waals surface area (Å²) < 4.78 is 0. The second kappa shape index (κ2) is 9.37. The van der Waals surface area contributed by atoms with Gasteiger partial charge in [0.1, 0.15) is 0 Å². The maximum atomic E-state index is 12.6.